The molecule has 0 saturated carbocycles. The third-order valence-corrected chi connectivity index (χ3v) is 4.20. The molecule has 9 heteroatoms. The quantitative estimate of drug-likeness (QED) is 0.733. The molecule has 0 aliphatic carbocycles. The van der Waals surface area contributed by atoms with E-state index in [-0.39, 0.29) is 17.1 Å². The number of hydrogen-bond acceptors (Lipinski definition) is 5. The number of ether oxygens (including phenoxy) is 1. The van der Waals surface area contributed by atoms with Gasteiger partial charge in [0.25, 0.3) is 15.0 Å². The first kappa shape index (κ1) is 17.9. The van der Waals surface area contributed by atoms with Crippen LogP contribution in [0.5, 0.6) is 0 Å². The lowest BCUT2D eigenvalue weighted by molar-refractivity contribution is -0.00820. The van der Waals surface area contributed by atoms with Crippen molar-refractivity contribution >= 4 is 25.6 Å². The van der Waals surface area contributed by atoms with E-state index < -0.39 is 20.6 Å². The van der Waals surface area contributed by atoms with Crippen LogP contribution in [0.3, 0.4) is 0 Å². The number of rotatable bonds is 7. The second-order valence-electron chi connectivity index (χ2n) is 5.05. The van der Waals surface area contributed by atoms with E-state index in [1.165, 1.54) is 0 Å². The first-order chi connectivity index (χ1) is 9.62. The lowest BCUT2D eigenvalue weighted by Crippen LogP contribution is -2.40. The molecule has 7 nitrogen and oxygen atoms in total. The van der Waals surface area contributed by atoms with E-state index in [1.54, 1.807) is 6.92 Å². The van der Waals surface area contributed by atoms with Gasteiger partial charge >= 0.3 is 0 Å². The fraction of sp³-hybridized carbons (Fsp3) is 0.667. The Bertz CT molecular complexity index is 610. The SMILES string of the molecule is CCOC(C)(C)CNC(=O)c1n[nH]c(CC)c1S(=O)(=O)Cl. The summed E-state index contributed by atoms with van der Waals surface area (Å²) in [5, 5.41) is 8.89. The molecule has 0 aliphatic rings. The molecule has 2 N–H and O–H groups in total. The van der Waals surface area contributed by atoms with Crippen LogP contribution >= 0.6 is 10.7 Å². The standard InChI is InChI=1S/C12H20ClN3O4S/c1-5-8-10(21(13,18)19)9(16-15-8)11(17)14-7-12(3,4)20-6-2/h5-7H2,1-4H3,(H,14,17)(H,15,16). The highest BCUT2D eigenvalue weighted by Crippen LogP contribution is 2.23. The molecule has 1 aromatic rings. The zero-order valence-corrected chi connectivity index (χ0v) is 14.1. The summed E-state index contributed by atoms with van der Waals surface area (Å²) in [5.41, 5.74) is -0.484. The number of nitrogens with zero attached hydrogens (tertiary/aromatic N) is 1. The average molecular weight is 338 g/mol. The van der Waals surface area contributed by atoms with Crippen LogP contribution in [0.25, 0.3) is 0 Å². The monoisotopic (exact) mass is 337 g/mol. The fourth-order valence-electron chi connectivity index (χ4n) is 1.84. The third-order valence-electron chi connectivity index (χ3n) is 2.81. The van der Waals surface area contributed by atoms with Gasteiger partial charge in [0.05, 0.1) is 11.3 Å². The van der Waals surface area contributed by atoms with E-state index in [1.807, 2.05) is 20.8 Å². The van der Waals surface area contributed by atoms with Gasteiger partial charge in [0.15, 0.2) is 5.69 Å². The highest BCUT2D eigenvalue weighted by molar-refractivity contribution is 8.13. The predicted molar refractivity (Wildman–Crippen MR) is 79.0 cm³/mol. The van der Waals surface area contributed by atoms with Crippen molar-refractivity contribution in [3.05, 3.63) is 11.4 Å². The Balaban J connectivity index is 2.97. The molecule has 0 unspecified atom stereocenters. The zero-order valence-electron chi connectivity index (χ0n) is 12.5. The van der Waals surface area contributed by atoms with Crippen LogP contribution in [0.15, 0.2) is 4.90 Å². The average Bonchev–Trinajstić information content (AvgIpc) is 2.79. The molecule has 1 amide bonds. The fourth-order valence-corrected chi connectivity index (χ4v) is 3.19. The summed E-state index contributed by atoms with van der Waals surface area (Å²) in [4.78, 5) is 11.9. The summed E-state index contributed by atoms with van der Waals surface area (Å²) in [6.45, 7) is 7.94. The number of nitrogens with one attached hydrogen (secondary N) is 2. The van der Waals surface area contributed by atoms with Crippen LogP contribution in [-0.2, 0) is 20.2 Å². The number of aryl methyl sites for hydroxylation is 1. The van der Waals surface area contributed by atoms with Crippen LogP contribution in [0.1, 0.15) is 43.9 Å². The van der Waals surface area contributed by atoms with Gasteiger partial charge in [0, 0.05) is 23.8 Å². The van der Waals surface area contributed by atoms with Crippen molar-refractivity contribution in [1.29, 1.82) is 0 Å². The maximum Gasteiger partial charge on any atom is 0.273 e. The number of carbonyl (C=O) groups is 1. The van der Waals surface area contributed by atoms with E-state index in [0.717, 1.165) is 0 Å². The first-order valence-electron chi connectivity index (χ1n) is 6.56. The van der Waals surface area contributed by atoms with E-state index >= 15 is 0 Å². The molecule has 120 valence electrons. The number of H-pyrrole nitrogens is 1. The van der Waals surface area contributed by atoms with Crippen LogP contribution in [-0.4, -0.2) is 43.3 Å². The minimum atomic E-state index is -4.06. The number of hydrogen-bond donors (Lipinski definition) is 2. The first-order valence-corrected chi connectivity index (χ1v) is 8.87. The van der Waals surface area contributed by atoms with Crippen molar-refractivity contribution in [2.75, 3.05) is 13.2 Å². The molecule has 1 rings (SSSR count). The van der Waals surface area contributed by atoms with Crippen molar-refractivity contribution in [1.82, 2.24) is 15.5 Å². The summed E-state index contributed by atoms with van der Waals surface area (Å²) in [7, 11) is 1.32. The van der Waals surface area contributed by atoms with E-state index in [9.17, 15) is 13.2 Å². The molecule has 0 spiro atoms. The molecular weight excluding hydrogens is 318 g/mol. The van der Waals surface area contributed by atoms with Crippen molar-refractivity contribution in [2.24, 2.45) is 0 Å². The molecule has 21 heavy (non-hydrogen) atoms. The summed E-state index contributed by atoms with van der Waals surface area (Å²) < 4.78 is 28.7. The number of aromatic nitrogens is 2. The number of carbonyl (C=O) groups excluding carboxylic acids is 1. The van der Waals surface area contributed by atoms with Gasteiger partial charge in [-0.2, -0.15) is 5.10 Å². The summed E-state index contributed by atoms with van der Waals surface area (Å²) in [5.74, 6) is -0.613. The van der Waals surface area contributed by atoms with Crippen LogP contribution in [0, 0.1) is 0 Å². The third kappa shape index (κ3) is 4.69. The van der Waals surface area contributed by atoms with Gasteiger partial charge in [-0.1, -0.05) is 6.92 Å². The highest BCUT2D eigenvalue weighted by atomic mass is 35.7. The molecule has 0 aliphatic heterocycles. The molecule has 0 aromatic carbocycles. The summed E-state index contributed by atoms with van der Waals surface area (Å²) in [6.07, 6.45) is 0.367. The molecule has 0 saturated heterocycles. The topological polar surface area (TPSA) is 101 Å². The Hall–Kier alpha value is -1.12. The van der Waals surface area contributed by atoms with Gasteiger partial charge in [0.1, 0.15) is 4.90 Å². The summed E-state index contributed by atoms with van der Waals surface area (Å²) >= 11 is 0. The smallest absolute Gasteiger partial charge is 0.273 e. The van der Waals surface area contributed by atoms with E-state index in [2.05, 4.69) is 15.5 Å². The van der Waals surface area contributed by atoms with E-state index in [0.29, 0.717) is 18.7 Å². The zero-order chi connectivity index (χ0) is 16.3. The molecule has 0 atom stereocenters. The number of halogens is 1. The Kier molecular flexibility index (Phi) is 5.77. The Morgan fingerprint density at radius 3 is 2.52 bits per heavy atom. The van der Waals surface area contributed by atoms with Gasteiger partial charge in [-0.15, -0.1) is 0 Å². The Morgan fingerprint density at radius 1 is 1.43 bits per heavy atom. The van der Waals surface area contributed by atoms with Gasteiger partial charge in [-0.05, 0) is 27.2 Å². The van der Waals surface area contributed by atoms with Crippen molar-refractivity contribution in [2.45, 2.75) is 44.6 Å². The minimum absolute atomic E-state index is 0.218. The van der Waals surface area contributed by atoms with Gasteiger partial charge in [-0.3, -0.25) is 9.89 Å². The number of aromatic amines is 1. The minimum Gasteiger partial charge on any atom is -0.374 e. The number of amides is 1. The molecule has 1 aromatic heterocycles. The largest absolute Gasteiger partial charge is 0.374 e. The second kappa shape index (κ2) is 6.76. The van der Waals surface area contributed by atoms with Crippen molar-refractivity contribution < 1.29 is 17.9 Å². The maximum absolute atomic E-state index is 12.1. The molecule has 0 fully saturated rings. The Labute approximate surface area is 128 Å². The van der Waals surface area contributed by atoms with Crippen molar-refractivity contribution in [3.63, 3.8) is 0 Å². The lowest BCUT2D eigenvalue weighted by Gasteiger charge is -2.24. The molecular formula is C12H20ClN3O4S. The van der Waals surface area contributed by atoms with Crippen LogP contribution in [0.4, 0.5) is 0 Å². The predicted octanol–water partition coefficient (Wildman–Crippen LogP) is 1.44. The Morgan fingerprint density at radius 2 is 2.05 bits per heavy atom. The van der Waals surface area contributed by atoms with Gasteiger partial charge < -0.3 is 10.1 Å². The maximum atomic E-state index is 12.1. The highest BCUT2D eigenvalue weighted by Gasteiger charge is 2.29. The lowest BCUT2D eigenvalue weighted by atomic mass is 10.1. The normalized spacial score (nSPS) is 12.4. The molecule has 1 heterocycles. The van der Waals surface area contributed by atoms with Crippen molar-refractivity contribution in [3.8, 4) is 0 Å². The second-order valence-corrected chi connectivity index (χ2v) is 7.55. The van der Waals surface area contributed by atoms with Crippen LogP contribution < -0.4 is 5.32 Å². The molecule has 0 bridgehead atoms. The van der Waals surface area contributed by atoms with Crippen LogP contribution in [0.2, 0.25) is 0 Å². The van der Waals surface area contributed by atoms with Gasteiger partial charge in [0.2, 0.25) is 0 Å². The van der Waals surface area contributed by atoms with E-state index in [4.69, 9.17) is 15.4 Å². The van der Waals surface area contributed by atoms with Gasteiger partial charge in [-0.25, -0.2) is 8.42 Å². The summed E-state index contributed by atoms with van der Waals surface area (Å²) in [6, 6.07) is 0. The molecule has 0 radical (unpaired) electrons.